The third kappa shape index (κ3) is 9.36. The molecule has 3 amide bonds. The number of benzene rings is 2. The second-order valence-corrected chi connectivity index (χ2v) is 19.5. The molecule has 3 N–H and O–H groups in total. The van der Waals surface area contributed by atoms with Crippen molar-refractivity contribution in [2.75, 3.05) is 86.9 Å². The van der Waals surface area contributed by atoms with E-state index in [0.717, 1.165) is 107 Å². The first kappa shape index (κ1) is 42.3. The van der Waals surface area contributed by atoms with Gasteiger partial charge in [0.1, 0.15) is 29.5 Å². The number of aromatic nitrogens is 2. The fourth-order valence-electron chi connectivity index (χ4n) is 9.35. The largest absolute Gasteiger partial charge is 0.488 e. The van der Waals surface area contributed by atoms with Gasteiger partial charge in [0.05, 0.1) is 36.3 Å². The lowest BCUT2D eigenvalue weighted by atomic mass is 9.95. The smallest absolute Gasteiger partial charge is 0.255 e. The Hall–Kier alpha value is -4.03. The van der Waals surface area contributed by atoms with Gasteiger partial charge in [0.2, 0.25) is 11.8 Å². The van der Waals surface area contributed by atoms with Crippen LogP contribution in [-0.4, -0.2) is 138 Å². The molecule has 61 heavy (non-hydrogen) atoms. The minimum Gasteiger partial charge on any atom is -0.488 e. The first-order valence-corrected chi connectivity index (χ1v) is 25.5. The fourth-order valence-corrected chi connectivity index (χ4v) is 10.5. The highest BCUT2D eigenvalue weighted by Gasteiger charge is 2.42. The van der Waals surface area contributed by atoms with Crippen molar-refractivity contribution in [1.82, 2.24) is 30.0 Å². The molecular formula is C43H53FIN10O5P. The summed E-state index contributed by atoms with van der Waals surface area (Å²) in [6.07, 6.45) is 6.47. The summed E-state index contributed by atoms with van der Waals surface area (Å²) in [5, 5.41) is 14.9. The van der Waals surface area contributed by atoms with Gasteiger partial charge in [-0.15, -0.1) is 0 Å². The Morgan fingerprint density at radius 2 is 1.77 bits per heavy atom. The number of nitrogens with one attached hydrogen (secondary N) is 3. The Kier molecular flexibility index (Phi) is 12.5. The third-order valence-electron chi connectivity index (χ3n) is 13.2. The number of piperazine rings is 1. The minimum atomic E-state index is -0.764. The topological polar surface area (TPSA) is 160 Å². The van der Waals surface area contributed by atoms with Crippen molar-refractivity contribution in [3.8, 4) is 5.75 Å². The summed E-state index contributed by atoms with van der Waals surface area (Å²) in [4.78, 5) is 57.2. The van der Waals surface area contributed by atoms with Crippen LogP contribution in [0.25, 0.3) is 0 Å². The summed E-state index contributed by atoms with van der Waals surface area (Å²) in [6.45, 7) is 11.5. The Morgan fingerprint density at radius 1 is 1.00 bits per heavy atom. The van der Waals surface area contributed by atoms with E-state index in [1.54, 1.807) is 18.5 Å². The Bertz CT molecular complexity index is 2180. The number of carbonyl (C=O) groups excluding carboxylic acids is 3. The van der Waals surface area contributed by atoms with Crippen molar-refractivity contribution in [1.29, 1.82) is 5.41 Å². The van der Waals surface area contributed by atoms with Crippen LogP contribution in [0.15, 0.2) is 42.7 Å². The number of rotatable bonds is 13. The highest BCUT2D eigenvalue weighted by molar-refractivity contribution is 14.2. The molecule has 9 rings (SSSR count). The molecule has 5 aliphatic heterocycles. The molecule has 1 aliphatic carbocycles. The molecule has 18 heteroatoms. The van der Waals surface area contributed by atoms with Gasteiger partial charge in [-0.2, -0.15) is 0 Å². The number of carbonyl (C=O) groups is 3. The number of anilines is 3. The number of nitrogens with zero attached hydrogens (tertiary/aromatic N) is 7. The zero-order valence-corrected chi connectivity index (χ0v) is 37.6. The molecular weight excluding hydrogens is 913 g/mol. The van der Waals surface area contributed by atoms with Crippen LogP contribution in [0.4, 0.5) is 21.6 Å². The van der Waals surface area contributed by atoms with Crippen LogP contribution in [0.3, 0.4) is 0 Å². The lowest BCUT2D eigenvalue weighted by Gasteiger charge is -2.41. The number of amides is 3. The molecule has 5 fully saturated rings. The van der Waals surface area contributed by atoms with E-state index < -0.39 is 11.9 Å². The van der Waals surface area contributed by atoms with Crippen LogP contribution in [-0.2, 0) is 20.9 Å². The Morgan fingerprint density at radius 3 is 2.51 bits per heavy atom. The molecule has 6 aliphatic rings. The lowest BCUT2D eigenvalue weighted by molar-refractivity contribution is -0.136. The number of fused-ring (bicyclic) bond motifs is 1. The third-order valence-corrected chi connectivity index (χ3v) is 14.3. The summed E-state index contributed by atoms with van der Waals surface area (Å²) < 4.78 is 28.5. The zero-order valence-electron chi connectivity index (χ0n) is 34.4. The SMILES string of the molecule is CC1(Oc2ccc(NPI)c(C(=N)c3cc(N4CCOC(CN5CCN(CC6CCN(c7ccc8c(c7F)CN(C7CCC(=O)NC7=O)C8=O)CC6)CC5)C4)ncn3)c2)CC1. The van der Waals surface area contributed by atoms with Crippen molar-refractivity contribution in [3.63, 3.8) is 0 Å². The maximum absolute atomic E-state index is 16.0. The van der Waals surface area contributed by atoms with Gasteiger partial charge in [-0.25, -0.2) is 14.4 Å². The van der Waals surface area contributed by atoms with E-state index >= 15 is 4.39 Å². The van der Waals surface area contributed by atoms with E-state index in [2.05, 4.69) is 68.9 Å². The quantitative estimate of drug-likeness (QED) is 0.0931. The summed E-state index contributed by atoms with van der Waals surface area (Å²) in [5.41, 5.74) is 3.57. The molecule has 3 atom stereocenters. The van der Waals surface area contributed by atoms with Gasteiger partial charge in [-0.1, -0.05) is 0 Å². The van der Waals surface area contributed by atoms with Gasteiger partial charge in [0.15, 0.2) is 5.82 Å². The molecule has 15 nitrogen and oxygen atoms in total. The van der Waals surface area contributed by atoms with Gasteiger partial charge < -0.3 is 34.2 Å². The van der Waals surface area contributed by atoms with E-state index in [1.165, 1.54) is 4.90 Å². The number of piperidine rings is 2. The highest BCUT2D eigenvalue weighted by Crippen LogP contribution is 2.41. The molecule has 3 unspecified atom stereocenters. The van der Waals surface area contributed by atoms with Crippen LogP contribution in [0.2, 0.25) is 0 Å². The van der Waals surface area contributed by atoms with Gasteiger partial charge >= 0.3 is 0 Å². The molecule has 324 valence electrons. The molecule has 0 bridgehead atoms. The molecule has 4 saturated heterocycles. The lowest BCUT2D eigenvalue weighted by Crippen LogP contribution is -2.53. The van der Waals surface area contributed by atoms with Crippen LogP contribution < -0.4 is 24.9 Å². The molecule has 1 aromatic heterocycles. The van der Waals surface area contributed by atoms with Gasteiger partial charge in [0.25, 0.3) is 5.91 Å². The molecule has 0 radical (unpaired) electrons. The Labute approximate surface area is 370 Å². The maximum Gasteiger partial charge on any atom is 0.255 e. The zero-order chi connectivity index (χ0) is 42.3. The van der Waals surface area contributed by atoms with E-state index in [0.29, 0.717) is 53.7 Å². The molecule has 6 heterocycles. The number of ether oxygens (including phenoxy) is 2. The number of hydrogen-bond donors (Lipinski definition) is 3. The van der Waals surface area contributed by atoms with Crippen LogP contribution >= 0.6 is 28.4 Å². The minimum absolute atomic E-state index is 0.0349. The fraction of sp³-hybridized carbons (Fsp3) is 0.535. The first-order valence-electron chi connectivity index (χ1n) is 21.4. The highest BCUT2D eigenvalue weighted by atomic mass is 127. The van der Waals surface area contributed by atoms with Crippen molar-refractivity contribution >= 4 is 69.0 Å². The average Bonchev–Trinajstić information content (AvgIpc) is 3.90. The van der Waals surface area contributed by atoms with Crippen LogP contribution in [0, 0.1) is 17.1 Å². The predicted octanol–water partition coefficient (Wildman–Crippen LogP) is 4.82. The Balaban J connectivity index is 0.738. The van der Waals surface area contributed by atoms with Crippen LogP contribution in [0.5, 0.6) is 5.75 Å². The monoisotopic (exact) mass is 966 g/mol. The average molecular weight is 967 g/mol. The summed E-state index contributed by atoms with van der Waals surface area (Å²) in [7, 11) is 0. The maximum atomic E-state index is 16.0. The van der Waals surface area contributed by atoms with Crippen molar-refractivity contribution < 1.29 is 28.2 Å². The van der Waals surface area contributed by atoms with E-state index in [-0.39, 0.29) is 48.7 Å². The van der Waals surface area contributed by atoms with Gasteiger partial charge in [-0.3, -0.25) is 30.0 Å². The number of halogens is 2. The van der Waals surface area contributed by atoms with Crippen molar-refractivity contribution in [2.45, 2.75) is 69.7 Å². The normalized spacial score (nSPS) is 23.7. The predicted molar refractivity (Wildman–Crippen MR) is 241 cm³/mol. The van der Waals surface area contributed by atoms with Crippen molar-refractivity contribution in [2.24, 2.45) is 5.92 Å². The molecule has 1 saturated carbocycles. The second-order valence-electron chi connectivity index (χ2n) is 17.4. The summed E-state index contributed by atoms with van der Waals surface area (Å²) in [5.74, 6) is 0.511. The second kappa shape index (κ2) is 18.0. The summed E-state index contributed by atoms with van der Waals surface area (Å²) in [6, 6.07) is 10.5. The first-order chi connectivity index (χ1) is 29.5. The molecule has 2 aromatic carbocycles. The van der Waals surface area contributed by atoms with Crippen LogP contribution in [0.1, 0.15) is 72.6 Å². The van der Waals surface area contributed by atoms with E-state index in [4.69, 9.17) is 9.47 Å². The van der Waals surface area contributed by atoms with Gasteiger partial charge in [-0.05, 0) is 97.3 Å². The number of morpholine rings is 1. The summed E-state index contributed by atoms with van der Waals surface area (Å²) >= 11 is 2.30. The standard InChI is InChI=1S/C43H53FIN10O5P/c1-43(10-11-43)60-28-2-4-33(50-61-45)31(20-28)40(46)34-21-37(48-26-47-34)54-18-19-59-29(24-54)23-52-16-14-51(15-17-52)22-27-8-12-53(13-9-27)35-5-3-30-32(39(35)44)25-55(42(30)58)36-6-7-38(56)49-41(36)57/h2-5,20-21,26-27,29,36,46,50,61H,6-19,22-25H2,1H3,(H,49,56,57). The van der Waals surface area contributed by atoms with E-state index in [1.807, 2.05) is 24.3 Å². The van der Waals surface area contributed by atoms with Gasteiger partial charge in [0, 0.05) is 107 Å². The number of hydrogen-bond acceptors (Lipinski definition) is 13. The van der Waals surface area contributed by atoms with E-state index in [9.17, 15) is 19.8 Å². The van der Waals surface area contributed by atoms with Crippen molar-refractivity contribution in [3.05, 3.63) is 70.9 Å². The molecule has 0 spiro atoms. The molecule has 3 aromatic rings. The number of imide groups is 1.